The topological polar surface area (TPSA) is 95.3 Å². The molecule has 0 aliphatic heterocycles. The van der Waals surface area contributed by atoms with Gasteiger partial charge in [-0.25, -0.2) is 4.79 Å². The molecule has 2 rings (SSSR count). The number of halogens is 1. The maximum atomic E-state index is 12.0. The average molecular weight is 391 g/mol. The molecule has 0 bridgehead atoms. The van der Waals surface area contributed by atoms with Gasteiger partial charge in [-0.1, -0.05) is 40.1 Å². The van der Waals surface area contributed by atoms with E-state index < -0.39 is 5.97 Å². The number of oxime groups is 2. The van der Waals surface area contributed by atoms with Gasteiger partial charge in [0.1, 0.15) is 25.1 Å². The summed E-state index contributed by atoms with van der Waals surface area (Å²) in [5, 5.41) is 15.8. The molecule has 2 aromatic rings. The summed E-state index contributed by atoms with van der Waals surface area (Å²) in [5.41, 5.74) is 3.31. The molecular weight excluding hydrogens is 372 g/mol. The number of hydrogen-bond acceptors (Lipinski definition) is 8. The van der Waals surface area contributed by atoms with Crippen LogP contribution < -0.4 is 0 Å². The van der Waals surface area contributed by atoms with Crippen LogP contribution in [0, 0.1) is 6.92 Å². The third kappa shape index (κ3) is 5.24. The van der Waals surface area contributed by atoms with Crippen molar-refractivity contribution < 1.29 is 19.2 Å². The van der Waals surface area contributed by atoms with Gasteiger partial charge in [-0.05, 0) is 31.5 Å². The second-order valence-corrected chi connectivity index (χ2v) is 5.79. The van der Waals surface area contributed by atoms with Crippen LogP contribution in [0.25, 0.3) is 0 Å². The van der Waals surface area contributed by atoms with E-state index in [1.54, 1.807) is 31.2 Å². The summed E-state index contributed by atoms with van der Waals surface area (Å²) in [4.78, 5) is 22.3. The molecule has 0 radical (unpaired) electrons. The average Bonchev–Trinajstić information content (AvgIpc) is 2.67. The number of esters is 1. The van der Waals surface area contributed by atoms with Crippen LogP contribution in [0.15, 0.2) is 40.6 Å². The van der Waals surface area contributed by atoms with Gasteiger partial charge in [0, 0.05) is 11.1 Å². The molecule has 0 spiro atoms. The predicted octanol–water partition coefficient (Wildman–Crippen LogP) is 2.90. The zero-order valence-electron chi connectivity index (χ0n) is 15.4. The predicted molar refractivity (Wildman–Crippen MR) is 101 cm³/mol. The monoisotopic (exact) mass is 390 g/mol. The molecule has 1 aromatic carbocycles. The van der Waals surface area contributed by atoms with E-state index in [4.69, 9.17) is 26.0 Å². The fraction of sp³-hybridized carbons (Fsp3) is 0.278. The smallest absolute Gasteiger partial charge is 0.360 e. The number of methoxy groups -OCH3 is 1. The fourth-order valence-electron chi connectivity index (χ4n) is 2.25. The van der Waals surface area contributed by atoms with Crippen molar-refractivity contribution in [2.45, 2.75) is 20.5 Å². The van der Waals surface area contributed by atoms with Gasteiger partial charge in [-0.15, -0.1) is 10.2 Å². The molecule has 0 unspecified atom stereocenters. The number of rotatable bonds is 7. The van der Waals surface area contributed by atoms with Gasteiger partial charge in [0.15, 0.2) is 10.9 Å². The van der Waals surface area contributed by atoms with E-state index in [0.717, 1.165) is 11.1 Å². The molecule has 0 aliphatic rings. The molecule has 27 heavy (non-hydrogen) atoms. The highest BCUT2D eigenvalue weighted by Crippen LogP contribution is 2.18. The van der Waals surface area contributed by atoms with Crippen LogP contribution in [0.5, 0.6) is 0 Å². The fourth-order valence-corrected chi connectivity index (χ4v) is 2.35. The van der Waals surface area contributed by atoms with E-state index in [0.29, 0.717) is 22.1 Å². The first-order valence-electron chi connectivity index (χ1n) is 7.92. The van der Waals surface area contributed by atoms with Crippen LogP contribution in [0.4, 0.5) is 0 Å². The summed E-state index contributed by atoms with van der Waals surface area (Å²) in [5.74, 6) is -0.611. The minimum Gasteiger partial charge on any atom is -0.464 e. The lowest BCUT2D eigenvalue weighted by Crippen LogP contribution is -2.20. The Bertz CT molecular complexity index is 866. The SMILES string of the molecule is CO/N=C(/C(=O)OC)c1cccc(C)c1CO/N=C(\C)c1ccc(Cl)nn1. The lowest BCUT2D eigenvalue weighted by atomic mass is 9.99. The number of carbonyl (C=O) groups is 1. The number of hydrogen-bond donors (Lipinski definition) is 0. The number of ether oxygens (including phenoxy) is 1. The van der Waals surface area contributed by atoms with Crippen molar-refractivity contribution in [3.8, 4) is 0 Å². The Labute approximate surface area is 161 Å². The Kier molecular flexibility index (Phi) is 7.25. The standard InChI is InChI=1S/C18H19ClN4O4/c1-11-6-5-7-13(17(23-26-4)18(24)25-3)14(11)10-27-22-12(2)15-8-9-16(19)21-20-15/h5-9H,10H2,1-4H3/b22-12+,23-17+. The van der Waals surface area contributed by atoms with Crippen molar-refractivity contribution in [2.24, 2.45) is 10.3 Å². The van der Waals surface area contributed by atoms with Crippen LogP contribution in [-0.4, -0.2) is 41.8 Å². The Hall–Kier alpha value is -3.00. The van der Waals surface area contributed by atoms with Crippen LogP contribution in [0.1, 0.15) is 29.3 Å². The third-order valence-corrected chi connectivity index (χ3v) is 3.84. The molecule has 1 aromatic heterocycles. The molecule has 8 nitrogen and oxygen atoms in total. The number of aryl methyl sites for hydroxylation is 1. The van der Waals surface area contributed by atoms with Crippen LogP contribution in [0.2, 0.25) is 5.15 Å². The van der Waals surface area contributed by atoms with Crippen molar-refractivity contribution in [3.05, 3.63) is 57.9 Å². The third-order valence-electron chi connectivity index (χ3n) is 3.64. The van der Waals surface area contributed by atoms with E-state index in [1.165, 1.54) is 14.2 Å². The summed E-state index contributed by atoms with van der Waals surface area (Å²) < 4.78 is 4.78. The second-order valence-electron chi connectivity index (χ2n) is 5.41. The number of nitrogens with zero attached hydrogens (tertiary/aromatic N) is 4. The zero-order chi connectivity index (χ0) is 19.8. The highest BCUT2D eigenvalue weighted by molar-refractivity contribution is 6.43. The lowest BCUT2D eigenvalue weighted by molar-refractivity contribution is -0.132. The molecule has 0 atom stereocenters. The van der Waals surface area contributed by atoms with Crippen molar-refractivity contribution in [2.75, 3.05) is 14.2 Å². The van der Waals surface area contributed by atoms with E-state index >= 15 is 0 Å². The maximum Gasteiger partial charge on any atom is 0.360 e. The first kappa shape index (κ1) is 20.3. The van der Waals surface area contributed by atoms with Gasteiger partial charge >= 0.3 is 5.97 Å². The molecule has 0 aliphatic carbocycles. The Morgan fingerprint density at radius 2 is 1.93 bits per heavy atom. The summed E-state index contributed by atoms with van der Waals surface area (Å²) >= 11 is 5.72. The van der Waals surface area contributed by atoms with Gasteiger partial charge in [0.25, 0.3) is 0 Å². The van der Waals surface area contributed by atoms with Gasteiger partial charge in [-0.2, -0.15) is 0 Å². The molecule has 0 N–H and O–H groups in total. The molecule has 142 valence electrons. The summed E-state index contributed by atoms with van der Waals surface area (Å²) in [6.45, 7) is 3.74. The number of aromatic nitrogens is 2. The first-order chi connectivity index (χ1) is 13.0. The normalized spacial score (nSPS) is 11.9. The molecule has 1 heterocycles. The molecule has 0 saturated heterocycles. The van der Waals surface area contributed by atoms with Gasteiger partial charge in [-0.3, -0.25) is 0 Å². The second kappa shape index (κ2) is 9.63. The van der Waals surface area contributed by atoms with E-state index in [9.17, 15) is 4.79 Å². The molecule has 0 amide bonds. The Morgan fingerprint density at radius 1 is 1.15 bits per heavy atom. The highest BCUT2D eigenvalue weighted by Gasteiger charge is 2.20. The quantitative estimate of drug-likeness (QED) is 0.410. The van der Waals surface area contributed by atoms with Gasteiger partial charge in [0.2, 0.25) is 0 Å². The largest absolute Gasteiger partial charge is 0.464 e. The molecule has 0 fully saturated rings. The summed E-state index contributed by atoms with van der Waals surface area (Å²) in [6, 6.07) is 8.75. The number of benzene rings is 1. The van der Waals surface area contributed by atoms with Crippen molar-refractivity contribution >= 4 is 29.0 Å². The molecular formula is C18H19ClN4O4. The maximum absolute atomic E-state index is 12.0. The van der Waals surface area contributed by atoms with Crippen molar-refractivity contribution in [1.29, 1.82) is 0 Å². The minimum absolute atomic E-state index is 0.0477. The van der Waals surface area contributed by atoms with Crippen LogP contribution in [0.3, 0.4) is 0 Å². The zero-order valence-corrected chi connectivity index (χ0v) is 16.1. The Morgan fingerprint density at radius 3 is 2.56 bits per heavy atom. The summed E-state index contributed by atoms with van der Waals surface area (Å²) in [6.07, 6.45) is 0. The van der Waals surface area contributed by atoms with Crippen molar-refractivity contribution in [1.82, 2.24) is 10.2 Å². The number of carbonyl (C=O) groups excluding carboxylic acids is 1. The summed E-state index contributed by atoms with van der Waals surface area (Å²) in [7, 11) is 2.63. The first-order valence-corrected chi connectivity index (χ1v) is 8.30. The van der Waals surface area contributed by atoms with Gasteiger partial charge in [0.05, 0.1) is 7.11 Å². The van der Waals surface area contributed by atoms with E-state index in [-0.39, 0.29) is 12.3 Å². The lowest BCUT2D eigenvalue weighted by Gasteiger charge is -2.12. The molecule has 0 saturated carbocycles. The van der Waals surface area contributed by atoms with E-state index in [1.807, 2.05) is 13.0 Å². The van der Waals surface area contributed by atoms with Crippen LogP contribution in [-0.2, 0) is 25.8 Å². The highest BCUT2D eigenvalue weighted by atomic mass is 35.5. The van der Waals surface area contributed by atoms with Crippen molar-refractivity contribution in [3.63, 3.8) is 0 Å². The molecule has 9 heteroatoms. The Balaban J connectivity index is 2.26. The van der Waals surface area contributed by atoms with Gasteiger partial charge < -0.3 is 14.4 Å². The van der Waals surface area contributed by atoms with Crippen LogP contribution >= 0.6 is 11.6 Å². The minimum atomic E-state index is -0.611. The van der Waals surface area contributed by atoms with E-state index in [2.05, 4.69) is 20.5 Å².